The lowest BCUT2D eigenvalue weighted by Crippen LogP contribution is -2.42. The summed E-state index contributed by atoms with van der Waals surface area (Å²) in [5.74, 6) is -0.288. The predicted octanol–water partition coefficient (Wildman–Crippen LogP) is 2.40. The van der Waals surface area contributed by atoms with E-state index in [1.807, 2.05) is 4.98 Å². The first-order chi connectivity index (χ1) is 17.4. The minimum Gasteiger partial charge on any atom is -0.332 e. The van der Waals surface area contributed by atoms with Gasteiger partial charge in [0.05, 0.1) is 6.67 Å². The molecular weight excluding hydrogens is 483 g/mol. The van der Waals surface area contributed by atoms with Crippen molar-refractivity contribution in [2.75, 3.05) is 6.67 Å². The first kappa shape index (κ1) is 25.0. The van der Waals surface area contributed by atoms with Gasteiger partial charge in [-0.2, -0.15) is 4.98 Å². The lowest BCUT2D eigenvalue weighted by Gasteiger charge is -2.13. The number of aryl methyl sites for hydroxylation is 2. The van der Waals surface area contributed by atoms with E-state index in [0.29, 0.717) is 30.8 Å². The standard InChI is InChI=1S/C22H22F3N7O4/c23-9-3-6-11-31-16-15(28-18(17(24)25)29-19(16)33)21(34)32(22(31)35)12-5-2-8-14-27-20(36-30-14)13-7-1-4-10-26-13/h1,4,7,10,17H,2-3,5-6,8-9,11-12H2,(H,28,29,33). The van der Waals surface area contributed by atoms with Gasteiger partial charge in [-0.3, -0.25) is 28.1 Å². The van der Waals surface area contributed by atoms with Gasteiger partial charge >= 0.3 is 5.69 Å². The fourth-order valence-corrected chi connectivity index (χ4v) is 3.71. The Morgan fingerprint density at radius 3 is 2.50 bits per heavy atom. The minimum absolute atomic E-state index is 0.0554. The Balaban J connectivity index is 1.57. The molecule has 4 rings (SSSR count). The van der Waals surface area contributed by atoms with Crippen LogP contribution in [0.4, 0.5) is 13.2 Å². The zero-order valence-electron chi connectivity index (χ0n) is 19.0. The van der Waals surface area contributed by atoms with Crippen molar-refractivity contribution in [3.05, 3.63) is 67.2 Å². The van der Waals surface area contributed by atoms with Gasteiger partial charge in [-0.05, 0) is 37.8 Å². The number of unbranched alkanes of at least 4 members (excludes halogenated alkanes) is 2. The van der Waals surface area contributed by atoms with Crippen LogP contribution < -0.4 is 16.8 Å². The topological polar surface area (TPSA) is 142 Å². The molecule has 0 unspecified atom stereocenters. The highest BCUT2D eigenvalue weighted by Gasteiger charge is 2.21. The second-order valence-electron chi connectivity index (χ2n) is 7.92. The number of aromatic nitrogens is 7. The molecule has 190 valence electrons. The van der Waals surface area contributed by atoms with Gasteiger partial charge < -0.3 is 9.51 Å². The predicted molar refractivity (Wildman–Crippen MR) is 122 cm³/mol. The van der Waals surface area contributed by atoms with E-state index in [1.165, 1.54) is 0 Å². The van der Waals surface area contributed by atoms with Crippen molar-refractivity contribution in [2.45, 2.75) is 51.6 Å². The molecule has 0 fully saturated rings. The summed E-state index contributed by atoms with van der Waals surface area (Å²) < 4.78 is 46.0. The van der Waals surface area contributed by atoms with E-state index in [0.717, 1.165) is 9.13 Å². The zero-order chi connectivity index (χ0) is 25.7. The fourth-order valence-electron chi connectivity index (χ4n) is 3.71. The van der Waals surface area contributed by atoms with Crippen molar-refractivity contribution < 1.29 is 17.7 Å². The van der Waals surface area contributed by atoms with E-state index < -0.39 is 46.8 Å². The number of H-pyrrole nitrogens is 1. The molecular formula is C22H22F3N7O4. The maximum atomic E-state index is 13.2. The van der Waals surface area contributed by atoms with Gasteiger partial charge in [0.25, 0.3) is 23.4 Å². The Morgan fingerprint density at radius 2 is 1.78 bits per heavy atom. The number of nitrogens with one attached hydrogen (secondary N) is 1. The van der Waals surface area contributed by atoms with Gasteiger partial charge in [-0.1, -0.05) is 11.2 Å². The van der Waals surface area contributed by atoms with Crippen LogP contribution in [-0.4, -0.2) is 40.9 Å². The minimum atomic E-state index is -3.12. The molecule has 0 saturated carbocycles. The summed E-state index contributed by atoms with van der Waals surface area (Å²) in [5, 5.41) is 3.89. The number of halogens is 3. The van der Waals surface area contributed by atoms with Crippen LogP contribution in [0.2, 0.25) is 0 Å². The second kappa shape index (κ2) is 11.1. The first-order valence-corrected chi connectivity index (χ1v) is 11.3. The number of aromatic amines is 1. The van der Waals surface area contributed by atoms with Crippen LogP contribution in [0, 0.1) is 0 Å². The van der Waals surface area contributed by atoms with Crippen molar-refractivity contribution in [1.29, 1.82) is 0 Å². The van der Waals surface area contributed by atoms with E-state index in [-0.39, 0.29) is 31.8 Å². The van der Waals surface area contributed by atoms with Gasteiger partial charge in [-0.25, -0.2) is 18.6 Å². The Hall–Kier alpha value is -4.10. The number of hydrogen-bond acceptors (Lipinski definition) is 8. The van der Waals surface area contributed by atoms with E-state index >= 15 is 0 Å². The summed E-state index contributed by atoms with van der Waals surface area (Å²) in [6, 6.07) is 5.26. The van der Waals surface area contributed by atoms with Crippen LogP contribution in [0.5, 0.6) is 0 Å². The van der Waals surface area contributed by atoms with Crippen molar-refractivity contribution >= 4 is 11.0 Å². The molecule has 0 spiro atoms. The molecule has 0 saturated heterocycles. The molecule has 4 aromatic heterocycles. The van der Waals surface area contributed by atoms with Crippen molar-refractivity contribution in [3.8, 4) is 11.6 Å². The van der Waals surface area contributed by atoms with Crippen molar-refractivity contribution in [2.24, 2.45) is 0 Å². The SMILES string of the molecule is O=c1[nH]c(C(F)F)nc2c(=O)n(CCCCc3noc(-c4ccccn4)n3)c(=O)n(CCCCF)c12. The normalized spacial score (nSPS) is 11.6. The smallest absolute Gasteiger partial charge is 0.331 e. The molecule has 0 radical (unpaired) electrons. The number of rotatable bonds is 11. The van der Waals surface area contributed by atoms with E-state index in [2.05, 4.69) is 20.1 Å². The van der Waals surface area contributed by atoms with Gasteiger partial charge in [0.2, 0.25) is 0 Å². The summed E-state index contributed by atoms with van der Waals surface area (Å²) in [7, 11) is 0. The van der Waals surface area contributed by atoms with Gasteiger partial charge in [-0.15, -0.1) is 0 Å². The molecule has 14 heteroatoms. The fraction of sp³-hybridized carbons (Fsp3) is 0.409. The quantitative estimate of drug-likeness (QED) is 0.306. The molecule has 4 heterocycles. The number of hydrogen-bond donors (Lipinski definition) is 1. The Morgan fingerprint density at radius 1 is 1.00 bits per heavy atom. The third-order valence-corrected chi connectivity index (χ3v) is 5.45. The molecule has 0 amide bonds. The summed E-state index contributed by atoms with van der Waals surface area (Å²) in [5.41, 5.74) is -3.18. The molecule has 0 aliphatic heterocycles. The summed E-state index contributed by atoms with van der Waals surface area (Å²) in [6.45, 7) is -0.758. The van der Waals surface area contributed by atoms with E-state index in [9.17, 15) is 27.6 Å². The van der Waals surface area contributed by atoms with Gasteiger partial charge in [0.15, 0.2) is 17.2 Å². The van der Waals surface area contributed by atoms with Crippen LogP contribution in [0.1, 0.15) is 43.8 Å². The Kier molecular flexibility index (Phi) is 7.71. The second-order valence-corrected chi connectivity index (χ2v) is 7.92. The summed E-state index contributed by atoms with van der Waals surface area (Å²) in [4.78, 5) is 52.4. The molecule has 0 bridgehead atoms. The zero-order valence-corrected chi connectivity index (χ0v) is 19.0. The average Bonchev–Trinajstić information content (AvgIpc) is 3.35. The molecule has 11 nitrogen and oxygen atoms in total. The van der Waals surface area contributed by atoms with Crippen molar-refractivity contribution in [3.63, 3.8) is 0 Å². The molecule has 0 aliphatic rings. The summed E-state index contributed by atoms with van der Waals surface area (Å²) >= 11 is 0. The maximum Gasteiger partial charge on any atom is 0.331 e. The maximum absolute atomic E-state index is 13.2. The third kappa shape index (κ3) is 5.26. The number of pyridine rings is 1. The number of nitrogens with zero attached hydrogens (tertiary/aromatic N) is 6. The molecule has 0 aromatic carbocycles. The van der Waals surface area contributed by atoms with Crippen molar-refractivity contribution in [1.82, 2.24) is 34.2 Å². The Bertz CT molecular complexity index is 1510. The largest absolute Gasteiger partial charge is 0.332 e. The lowest BCUT2D eigenvalue weighted by molar-refractivity contribution is 0.140. The van der Waals surface area contributed by atoms with Crippen LogP contribution in [0.25, 0.3) is 22.6 Å². The summed E-state index contributed by atoms with van der Waals surface area (Å²) in [6.07, 6.45) is -0.00165. The van der Waals surface area contributed by atoms with E-state index in [1.54, 1.807) is 24.4 Å². The van der Waals surface area contributed by atoms with Crippen LogP contribution in [0.3, 0.4) is 0 Å². The highest BCUT2D eigenvalue weighted by atomic mass is 19.3. The monoisotopic (exact) mass is 505 g/mol. The molecule has 1 N–H and O–H groups in total. The molecule has 0 atom stereocenters. The number of fused-ring (bicyclic) bond motifs is 1. The molecule has 4 aromatic rings. The Labute approximate surface area is 200 Å². The van der Waals surface area contributed by atoms with E-state index in [4.69, 9.17) is 4.52 Å². The van der Waals surface area contributed by atoms with Gasteiger partial charge in [0.1, 0.15) is 11.2 Å². The average molecular weight is 505 g/mol. The highest BCUT2D eigenvalue weighted by Crippen LogP contribution is 2.15. The molecule has 0 aliphatic carbocycles. The third-order valence-electron chi connectivity index (χ3n) is 5.45. The first-order valence-electron chi connectivity index (χ1n) is 11.3. The number of alkyl halides is 3. The lowest BCUT2D eigenvalue weighted by atomic mass is 10.2. The van der Waals surface area contributed by atoms with Crippen LogP contribution in [0.15, 0.2) is 43.3 Å². The molecule has 36 heavy (non-hydrogen) atoms. The highest BCUT2D eigenvalue weighted by molar-refractivity contribution is 5.72. The van der Waals surface area contributed by atoms with Crippen LogP contribution >= 0.6 is 0 Å². The van der Waals surface area contributed by atoms with Crippen LogP contribution in [-0.2, 0) is 19.5 Å². The van der Waals surface area contributed by atoms with Gasteiger partial charge in [0, 0.05) is 25.7 Å².